The minimum atomic E-state index is -0.423. The van der Waals surface area contributed by atoms with Crippen molar-refractivity contribution in [3.05, 3.63) is 35.9 Å². The molecule has 3 aliphatic carbocycles. The monoisotopic (exact) mass is 543 g/mol. The molecule has 3 aliphatic rings. The number of ether oxygens (including phenoxy) is 1. The van der Waals surface area contributed by atoms with Gasteiger partial charge in [-0.05, 0) is 56.6 Å². The van der Waals surface area contributed by atoms with Crippen LogP contribution in [0.25, 0.3) is 17.1 Å². The van der Waals surface area contributed by atoms with Crippen LogP contribution in [0.3, 0.4) is 0 Å². The van der Waals surface area contributed by atoms with Crippen molar-refractivity contribution in [2.75, 3.05) is 6.61 Å². The number of nitrogens with zero attached hydrogens (tertiary/aromatic N) is 2. The third-order valence-electron chi connectivity index (χ3n) is 6.18. The summed E-state index contributed by atoms with van der Waals surface area (Å²) in [6, 6.07) is 1.22. The third-order valence-corrected chi connectivity index (χ3v) is 7.88. The Balaban J connectivity index is 1.53. The fourth-order valence-electron chi connectivity index (χ4n) is 4.88. The number of amides is 1. The van der Waals surface area contributed by atoms with E-state index in [4.69, 9.17) is 4.74 Å². The zero-order valence-corrected chi connectivity index (χ0v) is 19.5. The molecule has 30 heavy (non-hydrogen) atoms. The summed E-state index contributed by atoms with van der Waals surface area (Å²) in [6.45, 7) is 2.15. The van der Waals surface area contributed by atoms with Gasteiger partial charge in [-0.15, -0.1) is 0 Å². The lowest BCUT2D eigenvalue weighted by Gasteiger charge is -2.47. The van der Waals surface area contributed by atoms with E-state index >= 15 is 0 Å². The molecule has 0 radical (unpaired) electrons. The van der Waals surface area contributed by atoms with Gasteiger partial charge in [-0.1, -0.05) is 0 Å². The SMILES string of the molecule is CCOC(=O)[C@H]1[C@H]2CC[C@H](CC2)[C@@H]1NC(=O)/C=C/c1cn(SI)c2ncc(F)cc12. The van der Waals surface area contributed by atoms with Gasteiger partial charge in [0.1, 0.15) is 5.82 Å². The molecule has 1 N–H and O–H groups in total. The van der Waals surface area contributed by atoms with E-state index in [1.807, 2.05) is 10.2 Å². The average molecular weight is 543 g/mol. The Morgan fingerprint density at radius 1 is 1.37 bits per heavy atom. The van der Waals surface area contributed by atoms with Crippen molar-refractivity contribution in [1.29, 1.82) is 0 Å². The standard InChI is InChI=1S/C21H23FIN3O3S/c1-2-29-21(28)18-12-3-5-13(6-4-12)19(18)25-17(27)8-7-14-11-26(30-23)20-16(14)9-15(22)10-24-20/h7-13,18-19H,2-6H2,1H3,(H,25,27)/b8-7+/t12-,13+,18-,19-/m0/s1. The molecule has 9 heteroatoms. The van der Waals surface area contributed by atoms with Crippen molar-refractivity contribution in [3.63, 3.8) is 0 Å². The lowest BCUT2D eigenvalue weighted by molar-refractivity contribution is -0.156. The molecule has 2 atom stereocenters. The number of pyridine rings is 1. The molecule has 5 rings (SSSR count). The van der Waals surface area contributed by atoms with Gasteiger partial charge < -0.3 is 10.1 Å². The van der Waals surface area contributed by atoms with Crippen LogP contribution in [0.5, 0.6) is 0 Å². The van der Waals surface area contributed by atoms with E-state index in [-0.39, 0.29) is 29.8 Å². The first-order valence-electron chi connectivity index (χ1n) is 10.1. The van der Waals surface area contributed by atoms with Gasteiger partial charge in [-0.3, -0.25) is 13.6 Å². The second-order valence-corrected chi connectivity index (χ2v) is 9.54. The van der Waals surface area contributed by atoms with Crippen LogP contribution in [0.15, 0.2) is 24.5 Å². The van der Waals surface area contributed by atoms with Crippen LogP contribution in [0.2, 0.25) is 0 Å². The Morgan fingerprint density at radius 3 is 2.80 bits per heavy atom. The van der Waals surface area contributed by atoms with Crippen molar-refractivity contribution in [2.45, 2.75) is 38.6 Å². The first-order valence-corrected chi connectivity index (χ1v) is 13.4. The van der Waals surface area contributed by atoms with Crippen LogP contribution in [-0.4, -0.2) is 33.5 Å². The largest absolute Gasteiger partial charge is 0.466 e. The topological polar surface area (TPSA) is 73.2 Å². The van der Waals surface area contributed by atoms with E-state index in [1.54, 1.807) is 13.0 Å². The van der Waals surface area contributed by atoms with Gasteiger partial charge in [-0.25, -0.2) is 9.37 Å². The zero-order chi connectivity index (χ0) is 21.3. The van der Waals surface area contributed by atoms with Crippen LogP contribution in [0, 0.1) is 23.6 Å². The Hall–Kier alpha value is -1.62. The molecule has 2 aromatic heterocycles. The van der Waals surface area contributed by atoms with Gasteiger partial charge >= 0.3 is 5.97 Å². The Kier molecular flexibility index (Phi) is 6.66. The molecule has 0 aliphatic heterocycles. The number of nitrogens with one attached hydrogen (secondary N) is 1. The van der Waals surface area contributed by atoms with Crippen LogP contribution < -0.4 is 5.32 Å². The lowest BCUT2D eigenvalue weighted by atomic mass is 9.61. The molecule has 0 aromatic carbocycles. The Bertz CT molecular complexity index is 987. The molecule has 3 fully saturated rings. The maximum Gasteiger partial charge on any atom is 0.311 e. The number of hydrogen-bond donors (Lipinski definition) is 1. The fourth-order valence-corrected chi connectivity index (χ4v) is 6.14. The molecule has 160 valence electrons. The highest BCUT2D eigenvalue weighted by Crippen LogP contribution is 2.45. The van der Waals surface area contributed by atoms with Crippen LogP contribution in [0.4, 0.5) is 4.39 Å². The number of esters is 1. The van der Waals surface area contributed by atoms with E-state index in [1.165, 1.54) is 27.5 Å². The summed E-state index contributed by atoms with van der Waals surface area (Å²) in [4.78, 5) is 29.4. The Labute approximate surface area is 190 Å². The summed E-state index contributed by atoms with van der Waals surface area (Å²) >= 11 is 2.13. The molecule has 0 spiro atoms. The fraction of sp³-hybridized carbons (Fsp3) is 0.476. The maximum atomic E-state index is 13.7. The van der Waals surface area contributed by atoms with E-state index in [2.05, 4.69) is 31.5 Å². The lowest BCUT2D eigenvalue weighted by Crippen LogP contribution is -2.56. The molecule has 3 saturated carbocycles. The molecule has 6 nitrogen and oxygen atoms in total. The second kappa shape index (κ2) is 9.25. The summed E-state index contributed by atoms with van der Waals surface area (Å²) < 4.78 is 20.8. The molecule has 0 saturated heterocycles. The highest BCUT2D eigenvalue weighted by molar-refractivity contribution is 14.2. The highest BCUT2D eigenvalue weighted by atomic mass is 127. The minimum absolute atomic E-state index is 0.195. The van der Waals surface area contributed by atoms with Gasteiger partial charge in [0.05, 0.1) is 18.7 Å². The molecular formula is C21H23FIN3O3S. The number of hydrogen-bond acceptors (Lipinski definition) is 5. The van der Waals surface area contributed by atoms with Gasteiger partial charge in [0.15, 0.2) is 5.65 Å². The van der Waals surface area contributed by atoms with Gasteiger partial charge in [0, 0.05) is 59.6 Å². The maximum absolute atomic E-state index is 13.7. The molecule has 1 amide bonds. The quantitative estimate of drug-likeness (QED) is 0.330. The van der Waals surface area contributed by atoms with Crippen LogP contribution in [0.1, 0.15) is 38.2 Å². The number of aromatic nitrogens is 2. The predicted molar refractivity (Wildman–Crippen MR) is 123 cm³/mol. The minimum Gasteiger partial charge on any atom is -0.466 e. The first kappa shape index (κ1) is 21.6. The van der Waals surface area contributed by atoms with E-state index in [0.717, 1.165) is 25.7 Å². The molecule has 2 bridgehead atoms. The van der Waals surface area contributed by atoms with Crippen LogP contribution in [-0.2, 0) is 14.3 Å². The summed E-state index contributed by atoms with van der Waals surface area (Å²) in [5, 5.41) is 3.70. The van der Waals surface area contributed by atoms with Crippen molar-refractivity contribution in [2.24, 2.45) is 17.8 Å². The molecule has 2 aromatic rings. The Morgan fingerprint density at radius 2 is 2.10 bits per heavy atom. The number of carbonyl (C=O) groups is 2. The highest BCUT2D eigenvalue weighted by Gasteiger charge is 2.48. The summed E-state index contributed by atoms with van der Waals surface area (Å²) in [7, 11) is 1.42. The third kappa shape index (κ3) is 4.23. The molecule has 2 heterocycles. The van der Waals surface area contributed by atoms with E-state index in [0.29, 0.717) is 29.1 Å². The van der Waals surface area contributed by atoms with Crippen molar-refractivity contribution in [1.82, 2.24) is 14.3 Å². The van der Waals surface area contributed by atoms with Crippen molar-refractivity contribution in [3.8, 4) is 0 Å². The molecular weight excluding hydrogens is 520 g/mol. The van der Waals surface area contributed by atoms with Gasteiger partial charge in [0.25, 0.3) is 0 Å². The van der Waals surface area contributed by atoms with Crippen LogP contribution >= 0.6 is 30.3 Å². The summed E-state index contributed by atoms with van der Waals surface area (Å²) in [5.74, 6) is -0.578. The van der Waals surface area contributed by atoms with Crippen molar-refractivity contribution >= 4 is 59.3 Å². The van der Waals surface area contributed by atoms with Gasteiger partial charge in [0.2, 0.25) is 5.91 Å². The zero-order valence-electron chi connectivity index (χ0n) is 16.5. The normalized spacial score (nSPS) is 25.7. The van der Waals surface area contributed by atoms with E-state index in [9.17, 15) is 14.0 Å². The van der Waals surface area contributed by atoms with Crippen molar-refractivity contribution < 1.29 is 18.7 Å². The number of carbonyl (C=O) groups excluding carboxylic acids is 2. The van der Waals surface area contributed by atoms with Gasteiger partial charge in [-0.2, -0.15) is 0 Å². The summed E-state index contributed by atoms with van der Waals surface area (Å²) in [6.07, 6.45) is 10.2. The smallest absolute Gasteiger partial charge is 0.311 e. The number of fused-ring (bicyclic) bond motifs is 4. The first-order chi connectivity index (χ1) is 14.5. The number of rotatable bonds is 6. The second-order valence-electron chi connectivity index (χ2n) is 7.82. The summed E-state index contributed by atoms with van der Waals surface area (Å²) in [5.41, 5.74) is 1.35. The predicted octanol–water partition coefficient (Wildman–Crippen LogP) is 4.52. The average Bonchev–Trinajstić information content (AvgIpc) is 3.10. The van der Waals surface area contributed by atoms with E-state index < -0.39 is 5.82 Å². The molecule has 0 unspecified atom stereocenters. The number of halogens is 2.